The van der Waals surface area contributed by atoms with Crippen molar-refractivity contribution in [1.82, 2.24) is 19.7 Å². The number of likely N-dealkylation sites (tertiary alicyclic amines) is 1. The molecule has 1 saturated heterocycles. The third kappa shape index (κ3) is 2.80. The molecule has 5 nitrogen and oxygen atoms in total. The monoisotopic (exact) mass is 364 g/mol. The van der Waals surface area contributed by atoms with Crippen molar-refractivity contribution in [3.05, 3.63) is 46.0 Å². The molecule has 0 spiro atoms. The average molecular weight is 365 g/mol. The molecule has 2 heterocycles. The van der Waals surface area contributed by atoms with E-state index in [1.54, 1.807) is 12.4 Å². The normalized spacial score (nSPS) is 26.0. The van der Waals surface area contributed by atoms with Gasteiger partial charge in [0.15, 0.2) is 5.82 Å². The van der Waals surface area contributed by atoms with Crippen molar-refractivity contribution in [2.45, 2.75) is 31.2 Å². The van der Waals surface area contributed by atoms with Gasteiger partial charge in [0.25, 0.3) is 0 Å². The van der Waals surface area contributed by atoms with Crippen molar-refractivity contribution in [3.63, 3.8) is 0 Å². The predicted octanol–water partition coefficient (Wildman–Crippen LogP) is 3.59. The molecule has 2 aliphatic rings. The van der Waals surface area contributed by atoms with Gasteiger partial charge in [0.1, 0.15) is 6.33 Å². The third-order valence-electron chi connectivity index (χ3n) is 5.00. The van der Waals surface area contributed by atoms with Gasteiger partial charge in [-0.2, -0.15) is 0 Å². The first-order valence-corrected chi connectivity index (χ1v) is 8.90. The first-order chi connectivity index (χ1) is 11.5. The fourth-order valence-electron chi connectivity index (χ4n) is 3.73. The average Bonchev–Trinajstić information content (AvgIpc) is 2.99. The third-order valence-corrected chi connectivity index (χ3v) is 5.44. The maximum absolute atomic E-state index is 13.0. The van der Waals surface area contributed by atoms with Crippen LogP contribution >= 0.6 is 23.2 Å². The molecule has 1 aliphatic carbocycles. The van der Waals surface area contributed by atoms with Crippen LogP contribution in [-0.2, 0) is 11.8 Å². The van der Waals surface area contributed by atoms with Crippen molar-refractivity contribution in [1.29, 1.82) is 0 Å². The number of rotatable bonds is 3. The number of aryl methyl sites for hydroxylation is 1. The highest BCUT2D eigenvalue weighted by molar-refractivity contribution is 6.34. The van der Waals surface area contributed by atoms with Crippen molar-refractivity contribution in [2.24, 2.45) is 13.0 Å². The van der Waals surface area contributed by atoms with Gasteiger partial charge in [-0.25, -0.2) is 0 Å². The fraction of sp³-hybridized carbons (Fsp3) is 0.471. The number of hydrogen-bond donors (Lipinski definition) is 0. The zero-order valence-corrected chi connectivity index (χ0v) is 14.8. The van der Waals surface area contributed by atoms with Gasteiger partial charge in [0, 0.05) is 29.6 Å². The minimum atomic E-state index is 0.0216. The molecule has 0 N–H and O–H groups in total. The molecule has 1 aromatic heterocycles. The molecule has 126 valence electrons. The van der Waals surface area contributed by atoms with Crippen LogP contribution in [0, 0.1) is 5.92 Å². The molecular weight excluding hydrogens is 347 g/mol. The Morgan fingerprint density at radius 1 is 1.25 bits per heavy atom. The van der Waals surface area contributed by atoms with Gasteiger partial charge in [0.05, 0.1) is 6.04 Å². The molecule has 1 aliphatic heterocycles. The highest BCUT2D eigenvalue weighted by Crippen LogP contribution is 2.50. The molecule has 0 unspecified atom stereocenters. The minimum Gasteiger partial charge on any atom is -0.332 e. The van der Waals surface area contributed by atoms with E-state index in [0.29, 0.717) is 10.0 Å². The van der Waals surface area contributed by atoms with Gasteiger partial charge >= 0.3 is 0 Å². The summed E-state index contributed by atoms with van der Waals surface area (Å²) in [6.07, 6.45) is 4.49. The van der Waals surface area contributed by atoms with E-state index < -0.39 is 0 Å². The van der Waals surface area contributed by atoms with E-state index in [0.717, 1.165) is 37.2 Å². The molecule has 0 radical (unpaired) electrons. The maximum atomic E-state index is 13.0. The molecule has 24 heavy (non-hydrogen) atoms. The van der Waals surface area contributed by atoms with Crippen molar-refractivity contribution < 1.29 is 4.79 Å². The SMILES string of the molecule is Cn1cnnc1[C@@H]1CCCN1C(=O)[C@@H]1C[C@H]1c1cc(Cl)cc(Cl)c1. The van der Waals surface area contributed by atoms with E-state index >= 15 is 0 Å². The lowest BCUT2D eigenvalue weighted by molar-refractivity contribution is -0.133. The molecule has 7 heteroatoms. The fourth-order valence-corrected chi connectivity index (χ4v) is 4.27. The Labute approximate surface area is 150 Å². The second kappa shape index (κ2) is 6.05. The van der Waals surface area contributed by atoms with E-state index in [1.165, 1.54) is 0 Å². The summed E-state index contributed by atoms with van der Waals surface area (Å²) in [5, 5.41) is 9.38. The Bertz CT molecular complexity index is 770. The van der Waals surface area contributed by atoms with Gasteiger partial charge < -0.3 is 9.47 Å². The number of carbonyl (C=O) groups excluding carboxylic acids is 1. The molecule has 1 aromatic carbocycles. The van der Waals surface area contributed by atoms with Crippen molar-refractivity contribution >= 4 is 29.1 Å². The van der Waals surface area contributed by atoms with E-state index in [-0.39, 0.29) is 23.8 Å². The highest BCUT2D eigenvalue weighted by atomic mass is 35.5. The van der Waals surface area contributed by atoms with Gasteiger partial charge in [-0.05, 0) is 48.9 Å². The summed E-state index contributed by atoms with van der Waals surface area (Å²) >= 11 is 12.2. The Kier molecular flexibility index (Phi) is 4.01. The first-order valence-electron chi connectivity index (χ1n) is 8.15. The molecule has 2 fully saturated rings. The first kappa shape index (κ1) is 15.9. The van der Waals surface area contributed by atoms with Crippen LogP contribution in [0.4, 0.5) is 0 Å². The summed E-state index contributed by atoms with van der Waals surface area (Å²) in [4.78, 5) is 15.0. The molecule has 4 rings (SSSR count). The van der Waals surface area contributed by atoms with Crippen LogP contribution in [0.2, 0.25) is 10.0 Å². The van der Waals surface area contributed by atoms with Crippen LogP contribution < -0.4 is 0 Å². The summed E-state index contributed by atoms with van der Waals surface area (Å²) in [6, 6.07) is 5.58. The van der Waals surface area contributed by atoms with Gasteiger partial charge in [-0.15, -0.1) is 10.2 Å². The smallest absolute Gasteiger partial charge is 0.226 e. The maximum Gasteiger partial charge on any atom is 0.226 e. The number of carbonyl (C=O) groups is 1. The number of nitrogens with zero attached hydrogens (tertiary/aromatic N) is 4. The highest BCUT2D eigenvalue weighted by Gasteiger charge is 2.48. The Hall–Kier alpha value is -1.59. The van der Waals surface area contributed by atoms with Gasteiger partial charge in [-0.1, -0.05) is 23.2 Å². The summed E-state index contributed by atoms with van der Waals surface area (Å²) in [7, 11) is 1.92. The number of aromatic nitrogens is 3. The van der Waals surface area contributed by atoms with Crippen LogP contribution in [0.1, 0.15) is 42.6 Å². The molecule has 0 bridgehead atoms. The van der Waals surface area contributed by atoms with Crippen LogP contribution in [0.15, 0.2) is 24.5 Å². The van der Waals surface area contributed by atoms with E-state index in [1.807, 2.05) is 28.6 Å². The van der Waals surface area contributed by atoms with Crippen molar-refractivity contribution in [3.8, 4) is 0 Å². The summed E-state index contributed by atoms with van der Waals surface area (Å²) in [5.41, 5.74) is 1.06. The lowest BCUT2D eigenvalue weighted by Crippen LogP contribution is -2.33. The second-order valence-electron chi connectivity index (χ2n) is 6.64. The van der Waals surface area contributed by atoms with Gasteiger partial charge in [0.2, 0.25) is 5.91 Å². The summed E-state index contributed by atoms with van der Waals surface area (Å²) in [5.74, 6) is 1.31. The number of amides is 1. The molecule has 2 aromatic rings. The summed E-state index contributed by atoms with van der Waals surface area (Å²) < 4.78 is 1.90. The second-order valence-corrected chi connectivity index (χ2v) is 7.51. The zero-order chi connectivity index (χ0) is 16.8. The van der Waals surface area contributed by atoms with E-state index in [9.17, 15) is 4.79 Å². The Morgan fingerprint density at radius 2 is 2.00 bits per heavy atom. The van der Waals surface area contributed by atoms with Crippen LogP contribution in [0.25, 0.3) is 0 Å². The standard InChI is InChI=1S/C17H18Cl2N4O/c1-22-9-20-21-16(22)15-3-2-4-23(15)17(24)14-8-13(14)10-5-11(18)7-12(19)6-10/h5-7,9,13-15H,2-4,8H2,1H3/t13-,14+,15-/m0/s1. The Balaban J connectivity index is 1.51. The van der Waals surface area contributed by atoms with Crippen LogP contribution in [-0.4, -0.2) is 32.1 Å². The van der Waals surface area contributed by atoms with Crippen LogP contribution in [0.5, 0.6) is 0 Å². The Morgan fingerprint density at radius 3 is 2.67 bits per heavy atom. The molecule has 1 saturated carbocycles. The lowest BCUT2D eigenvalue weighted by atomic mass is 10.1. The molecule has 3 atom stereocenters. The predicted molar refractivity (Wildman–Crippen MR) is 92.0 cm³/mol. The minimum absolute atomic E-state index is 0.0216. The lowest BCUT2D eigenvalue weighted by Gasteiger charge is -2.24. The summed E-state index contributed by atoms with van der Waals surface area (Å²) in [6.45, 7) is 0.788. The molecule has 1 amide bonds. The zero-order valence-electron chi connectivity index (χ0n) is 13.3. The number of benzene rings is 1. The number of halogens is 2. The van der Waals surface area contributed by atoms with Gasteiger partial charge in [-0.3, -0.25) is 4.79 Å². The van der Waals surface area contributed by atoms with Crippen molar-refractivity contribution in [2.75, 3.05) is 6.54 Å². The number of hydrogen-bond acceptors (Lipinski definition) is 3. The van der Waals surface area contributed by atoms with Crippen LogP contribution in [0.3, 0.4) is 0 Å². The van der Waals surface area contributed by atoms with E-state index in [4.69, 9.17) is 23.2 Å². The largest absolute Gasteiger partial charge is 0.332 e. The quantitative estimate of drug-likeness (QED) is 0.835. The molecular formula is C17H18Cl2N4O. The topological polar surface area (TPSA) is 51.0 Å². The van der Waals surface area contributed by atoms with E-state index in [2.05, 4.69) is 10.2 Å².